The van der Waals surface area contributed by atoms with Crippen molar-refractivity contribution < 1.29 is 9.18 Å². The summed E-state index contributed by atoms with van der Waals surface area (Å²) in [5.74, 6) is -0.471. The lowest BCUT2D eigenvalue weighted by molar-refractivity contribution is -0.109. The Balaban J connectivity index is 3.15. The molecule has 1 rings (SSSR count). The highest BCUT2D eigenvalue weighted by molar-refractivity contribution is 7.78. The molecule has 5 heteroatoms. The fourth-order valence-corrected chi connectivity index (χ4v) is 1.27. The third-order valence-corrected chi connectivity index (χ3v) is 2.02. The zero-order valence-electron chi connectivity index (χ0n) is 8.08. The normalized spacial score (nSPS) is 9.20. The molecule has 0 atom stereocenters. The van der Waals surface area contributed by atoms with Crippen molar-refractivity contribution in [1.29, 1.82) is 0 Å². The Labute approximate surface area is 92.0 Å². The Bertz CT molecular complexity index is 428. The van der Waals surface area contributed by atoms with Crippen LogP contribution in [0.1, 0.15) is 11.1 Å². The van der Waals surface area contributed by atoms with E-state index >= 15 is 0 Å². The fourth-order valence-electron chi connectivity index (χ4n) is 1.17. The van der Waals surface area contributed by atoms with E-state index in [0.29, 0.717) is 17.5 Å². The number of rotatable bonds is 4. The van der Waals surface area contributed by atoms with Gasteiger partial charge in [0.15, 0.2) is 5.82 Å². The monoisotopic (exact) mass is 224 g/mol. The van der Waals surface area contributed by atoms with Crippen molar-refractivity contribution >= 4 is 29.5 Å². The minimum atomic E-state index is -0.471. The molecule has 0 radical (unpaired) electrons. The molecule has 0 fully saturated rings. The van der Waals surface area contributed by atoms with Crippen molar-refractivity contribution in [2.75, 3.05) is 0 Å². The van der Waals surface area contributed by atoms with E-state index in [1.54, 1.807) is 19.1 Å². The summed E-state index contributed by atoms with van der Waals surface area (Å²) in [5.41, 5.74) is 1.23. The summed E-state index contributed by atoms with van der Waals surface area (Å²) in [6, 6.07) is 3.32. The fraction of sp³-hybridized carbons (Fsp3) is 0.200. The second-order valence-electron chi connectivity index (χ2n) is 2.91. The Kier molecular flexibility index (Phi) is 4.09. The molecular formula is C10H9FN2OS. The van der Waals surface area contributed by atoms with Crippen LogP contribution in [0.3, 0.4) is 0 Å². The topological polar surface area (TPSA) is 41.5 Å². The van der Waals surface area contributed by atoms with Gasteiger partial charge in [-0.1, -0.05) is 12.1 Å². The van der Waals surface area contributed by atoms with Crippen molar-refractivity contribution in [3.8, 4) is 0 Å². The smallest absolute Gasteiger partial charge is 0.207 e. The molecule has 0 bridgehead atoms. The number of hydrogen-bond acceptors (Lipinski definition) is 3. The molecule has 1 aromatic rings. The lowest BCUT2D eigenvalue weighted by atomic mass is 10.1. The molecule has 3 nitrogen and oxygen atoms in total. The summed E-state index contributed by atoms with van der Waals surface area (Å²) >= 11 is 4.43. The third-order valence-electron chi connectivity index (χ3n) is 1.93. The van der Waals surface area contributed by atoms with E-state index in [-0.39, 0.29) is 12.2 Å². The summed E-state index contributed by atoms with van der Waals surface area (Å²) in [4.78, 5) is 13.7. The van der Waals surface area contributed by atoms with Gasteiger partial charge in [0.2, 0.25) is 6.41 Å². The lowest BCUT2D eigenvalue weighted by Gasteiger charge is -2.06. The van der Waals surface area contributed by atoms with Gasteiger partial charge in [-0.25, -0.2) is 4.39 Å². The van der Waals surface area contributed by atoms with Crippen LogP contribution >= 0.6 is 12.2 Å². The number of halogens is 1. The predicted molar refractivity (Wildman–Crippen MR) is 58.7 cm³/mol. The van der Waals surface area contributed by atoms with Gasteiger partial charge in [-0.15, -0.1) is 0 Å². The maximum atomic E-state index is 13.7. The van der Waals surface area contributed by atoms with Crippen molar-refractivity contribution in [2.45, 2.75) is 13.5 Å². The first-order chi connectivity index (χ1) is 7.20. The van der Waals surface area contributed by atoms with Crippen LogP contribution < -0.4 is 5.32 Å². The van der Waals surface area contributed by atoms with Crippen LogP contribution in [-0.4, -0.2) is 11.6 Å². The highest BCUT2D eigenvalue weighted by Crippen LogP contribution is 2.25. The Hall–Kier alpha value is -1.58. The van der Waals surface area contributed by atoms with Gasteiger partial charge in [0, 0.05) is 12.1 Å². The first kappa shape index (κ1) is 11.5. The summed E-state index contributed by atoms with van der Waals surface area (Å²) in [6.45, 7) is 1.86. The minimum Gasteiger partial charge on any atom is -0.354 e. The molecule has 0 aliphatic rings. The summed E-state index contributed by atoms with van der Waals surface area (Å²) in [7, 11) is 0. The van der Waals surface area contributed by atoms with Crippen LogP contribution in [0.2, 0.25) is 0 Å². The Morgan fingerprint density at radius 1 is 1.67 bits per heavy atom. The van der Waals surface area contributed by atoms with Gasteiger partial charge in [-0.3, -0.25) is 4.79 Å². The summed E-state index contributed by atoms with van der Waals surface area (Å²) in [6.07, 6.45) is 0.515. The molecular weight excluding hydrogens is 215 g/mol. The van der Waals surface area contributed by atoms with Crippen molar-refractivity contribution in [3.05, 3.63) is 29.1 Å². The molecule has 1 amide bonds. The van der Waals surface area contributed by atoms with E-state index in [1.807, 2.05) is 0 Å². The number of nitrogens with zero attached hydrogens (tertiary/aromatic N) is 1. The molecule has 0 saturated heterocycles. The Morgan fingerprint density at radius 2 is 2.40 bits per heavy atom. The van der Waals surface area contributed by atoms with Gasteiger partial charge in [0.05, 0.1) is 5.16 Å². The third kappa shape index (κ3) is 2.68. The van der Waals surface area contributed by atoms with Crippen LogP contribution in [0.4, 0.5) is 10.1 Å². The maximum Gasteiger partial charge on any atom is 0.207 e. The van der Waals surface area contributed by atoms with Crippen LogP contribution in [0.5, 0.6) is 0 Å². The second-order valence-corrected chi connectivity index (χ2v) is 3.09. The van der Waals surface area contributed by atoms with E-state index in [0.717, 1.165) is 0 Å². The molecule has 0 unspecified atom stereocenters. The molecule has 1 N–H and O–H groups in total. The highest BCUT2D eigenvalue weighted by Gasteiger charge is 2.09. The molecule has 0 aromatic heterocycles. The van der Waals surface area contributed by atoms with Crippen LogP contribution in [-0.2, 0) is 11.3 Å². The van der Waals surface area contributed by atoms with E-state index in [1.165, 1.54) is 0 Å². The number of benzene rings is 1. The van der Waals surface area contributed by atoms with Crippen molar-refractivity contribution in [2.24, 2.45) is 4.99 Å². The zero-order valence-corrected chi connectivity index (χ0v) is 8.90. The standard InChI is InChI=1S/C10H9FN2OS/c1-7-2-3-8(4-12-5-14)9(11)10(7)13-6-15/h2-3,5H,4H2,1H3,(H,12,14). The SMILES string of the molecule is Cc1ccc(CNC=O)c(F)c1N=C=S. The van der Waals surface area contributed by atoms with E-state index in [2.05, 4.69) is 27.7 Å². The van der Waals surface area contributed by atoms with Crippen LogP contribution in [0.25, 0.3) is 0 Å². The highest BCUT2D eigenvalue weighted by atomic mass is 32.1. The van der Waals surface area contributed by atoms with Gasteiger partial charge >= 0.3 is 0 Å². The van der Waals surface area contributed by atoms with Crippen molar-refractivity contribution in [1.82, 2.24) is 5.32 Å². The van der Waals surface area contributed by atoms with Gasteiger partial charge in [0.25, 0.3) is 0 Å². The number of aryl methyl sites for hydroxylation is 1. The number of aliphatic imine (C=N–C) groups is 1. The van der Waals surface area contributed by atoms with Gasteiger partial charge in [-0.05, 0) is 24.7 Å². The van der Waals surface area contributed by atoms with E-state index in [4.69, 9.17) is 0 Å². The van der Waals surface area contributed by atoms with E-state index < -0.39 is 5.82 Å². The number of nitrogens with one attached hydrogen (secondary N) is 1. The number of amides is 1. The molecule has 1 aromatic carbocycles. The van der Waals surface area contributed by atoms with E-state index in [9.17, 15) is 9.18 Å². The molecule has 78 valence electrons. The number of hydrogen-bond donors (Lipinski definition) is 1. The van der Waals surface area contributed by atoms with Gasteiger partial charge in [0.1, 0.15) is 5.69 Å². The van der Waals surface area contributed by atoms with Gasteiger partial charge < -0.3 is 5.32 Å². The molecule has 15 heavy (non-hydrogen) atoms. The largest absolute Gasteiger partial charge is 0.354 e. The van der Waals surface area contributed by atoms with Crippen LogP contribution in [0, 0.1) is 12.7 Å². The minimum absolute atomic E-state index is 0.134. The first-order valence-corrected chi connectivity index (χ1v) is 4.64. The summed E-state index contributed by atoms with van der Waals surface area (Å²) < 4.78 is 13.7. The summed E-state index contributed by atoms with van der Waals surface area (Å²) in [5, 5.41) is 4.51. The quantitative estimate of drug-likeness (QED) is 0.483. The number of thiocarbonyl (C=S) groups is 1. The number of carbonyl (C=O) groups excluding carboxylic acids is 1. The number of carbonyl (C=O) groups is 1. The second kappa shape index (κ2) is 5.34. The van der Waals surface area contributed by atoms with Crippen LogP contribution in [0.15, 0.2) is 17.1 Å². The average molecular weight is 224 g/mol. The number of isothiocyanates is 1. The molecule has 0 saturated carbocycles. The molecule has 0 aliphatic heterocycles. The zero-order chi connectivity index (χ0) is 11.3. The maximum absolute atomic E-state index is 13.7. The average Bonchev–Trinajstić information content (AvgIpc) is 2.23. The lowest BCUT2D eigenvalue weighted by Crippen LogP contribution is -2.11. The first-order valence-electron chi connectivity index (χ1n) is 4.23. The molecule has 0 aliphatic carbocycles. The Morgan fingerprint density at radius 3 is 3.00 bits per heavy atom. The predicted octanol–water partition coefficient (Wildman–Crippen LogP) is 2.11. The molecule has 0 heterocycles. The molecule has 0 spiro atoms. The van der Waals surface area contributed by atoms with Gasteiger partial charge in [-0.2, -0.15) is 4.99 Å². The van der Waals surface area contributed by atoms with Crippen molar-refractivity contribution in [3.63, 3.8) is 0 Å².